The topological polar surface area (TPSA) is 20.2 Å². The van der Waals surface area contributed by atoms with Gasteiger partial charge in [0, 0.05) is 3.92 Å². The Hall–Kier alpha value is -0.870. The molecule has 2 aromatic carbocycles. The third-order valence-electron chi connectivity index (χ3n) is 4.01. The molecule has 0 amide bonds. The highest BCUT2D eigenvalue weighted by Gasteiger charge is 2.02. The van der Waals surface area contributed by atoms with E-state index in [4.69, 9.17) is 0 Å². The van der Waals surface area contributed by atoms with Crippen LogP contribution < -0.4 is 0 Å². The number of aryl methyl sites for hydroxylation is 2. The maximum atomic E-state index is 9.40. The number of benzene rings is 2. The van der Waals surface area contributed by atoms with Crippen LogP contribution >= 0.6 is 22.6 Å². The van der Waals surface area contributed by atoms with Gasteiger partial charge >= 0.3 is 0 Å². The highest BCUT2D eigenvalue weighted by Crippen LogP contribution is 2.14. The normalized spacial score (nSPS) is 12.9. The van der Waals surface area contributed by atoms with Crippen molar-refractivity contribution in [2.75, 3.05) is 0 Å². The Bertz CT molecular complexity index is 541. The molecule has 0 fully saturated rings. The Balaban J connectivity index is 0.000000240. The fraction of sp³-hybridized carbons (Fsp3) is 0.455. The van der Waals surface area contributed by atoms with Crippen LogP contribution in [-0.4, -0.2) is 15.1 Å². The minimum Gasteiger partial charge on any atom is -0.393 e. The van der Waals surface area contributed by atoms with Gasteiger partial charge in [0.25, 0.3) is 0 Å². The molecule has 2 rings (SSSR count). The SMILES string of the molecule is CC[C@@H](I)Cc1cccc(C)c1.CC[C@@H](O)Cc1cccc(C)c1. The van der Waals surface area contributed by atoms with Gasteiger partial charge in [-0.05, 0) is 50.7 Å². The fourth-order valence-corrected chi connectivity index (χ4v) is 3.00. The number of aliphatic hydroxyl groups excluding tert-OH is 1. The smallest absolute Gasteiger partial charge is 0.0577 e. The zero-order chi connectivity index (χ0) is 17.9. The van der Waals surface area contributed by atoms with Gasteiger partial charge in [0.1, 0.15) is 0 Å². The van der Waals surface area contributed by atoms with E-state index in [0.29, 0.717) is 0 Å². The van der Waals surface area contributed by atoms with Gasteiger partial charge in [0.2, 0.25) is 0 Å². The molecule has 0 spiro atoms. The number of rotatable bonds is 6. The summed E-state index contributed by atoms with van der Waals surface area (Å²) in [5.41, 5.74) is 5.32. The van der Waals surface area contributed by atoms with Crippen molar-refractivity contribution < 1.29 is 5.11 Å². The number of halogens is 1. The number of alkyl halides is 1. The lowest BCUT2D eigenvalue weighted by Gasteiger charge is -2.07. The largest absolute Gasteiger partial charge is 0.393 e. The summed E-state index contributed by atoms with van der Waals surface area (Å²) in [6.45, 7) is 8.47. The lowest BCUT2D eigenvalue weighted by molar-refractivity contribution is 0.171. The maximum Gasteiger partial charge on any atom is 0.0577 e. The summed E-state index contributed by atoms with van der Waals surface area (Å²) in [6.07, 6.45) is 3.88. The average Bonchev–Trinajstić information content (AvgIpc) is 2.55. The molecular weight excluding hydrogens is 407 g/mol. The van der Waals surface area contributed by atoms with E-state index in [1.807, 2.05) is 13.0 Å². The van der Waals surface area contributed by atoms with Crippen LogP contribution in [0.25, 0.3) is 0 Å². The van der Waals surface area contributed by atoms with E-state index in [0.717, 1.165) is 16.8 Å². The van der Waals surface area contributed by atoms with E-state index < -0.39 is 0 Å². The maximum absolute atomic E-state index is 9.40. The Morgan fingerprint density at radius 1 is 0.833 bits per heavy atom. The molecule has 1 nitrogen and oxygen atoms in total. The van der Waals surface area contributed by atoms with Crippen LogP contribution in [0.4, 0.5) is 0 Å². The van der Waals surface area contributed by atoms with Gasteiger partial charge in [-0.2, -0.15) is 0 Å². The van der Waals surface area contributed by atoms with Crippen molar-refractivity contribution in [1.29, 1.82) is 0 Å². The lowest BCUT2D eigenvalue weighted by atomic mass is 10.0. The lowest BCUT2D eigenvalue weighted by Crippen LogP contribution is -2.08. The zero-order valence-corrected chi connectivity index (χ0v) is 17.6. The second-order valence-electron chi connectivity index (χ2n) is 6.45. The first-order valence-electron chi connectivity index (χ1n) is 8.87. The standard InChI is InChI=1S/C11H15I.C11H16O/c2*1-3-11(12)8-10-6-4-5-9(2)7-10/h4-7,11H,3,8H2,1-2H3;4-7,11-12H,3,8H2,1-2H3/t2*11-/m11/s1. The van der Waals surface area contributed by atoms with Crippen molar-refractivity contribution in [3.8, 4) is 0 Å². The monoisotopic (exact) mass is 438 g/mol. The molecule has 2 atom stereocenters. The molecule has 2 heteroatoms. The van der Waals surface area contributed by atoms with Crippen LogP contribution in [0.3, 0.4) is 0 Å². The second-order valence-corrected chi connectivity index (χ2v) is 8.22. The average molecular weight is 438 g/mol. The summed E-state index contributed by atoms with van der Waals surface area (Å²) in [5.74, 6) is 0. The number of hydrogen-bond donors (Lipinski definition) is 1. The van der Waals surface area contributed by atoms with E-state index in [-0.39, 0.29) is 6.10 Å². The minimum absolute atomic E-state index is 0.188. The summed E-state index contributed by atoms with van der Waals surface area (Å²) >= 11 is 2.52. The first-order chi connectivity index (χ1) is 11.4. The molecule has 0 aromatic heterocycles. The van der Waals surface area contributed by atoms with Gasteiger partial charge in [-0.3, -0.25) is 0 Å². The van der Waals surface area contributed by atoms with Crippen LogP contribution in [0.15, 0.2) is 48.5 Å². The van der Waals surface area contributed by atoms with Crippen molar-refractivity contribution in [2.45, 2.75) is 63.4 Å². The minimum atomic E-state index is -0.188. The van der Waals surface area contributed by atoms with Crippen molar-refractivity contribution in [3.63, 3.8) is 0 Å². The molecule has 0 aliphatic heterocycles. The highest BCUT2D eigenvalue weighted by atomic mass is 127. The van der Waals surface area contributed by atoms with Gasteiger partial charge in [0.05, 0.1) is 6.10 Å². The predicted octanol–water partition coefficient (Wildman–Crippen LogP) is 6.06. The quantitative estimate of drug-likeness (QED) is 0.430. The summed E-state index contributed by atoms with van der Waals surface area (Å²) < 4.78 is 0.782. The van der Waals surface area contributed by atoms with Crippen LogP contribution in [0.1, 0.15) is 48.9 Å². The molecule has 0 aliphatic rings. The predicted molar refractivity (Wildman–Crippen MR) is 114 cm³/mol. The highest BCUT2D eigenvalue weighted by molar-refractivity contribution is 14.1. The van der Waals surface area contributed by atoms with Gasteiger partial charge in [-0.15, -0.1) is 0 Å². The van der Waals surface area contributed by atoms with E-state index in [2.05, 4.69) is 85.8 Å². The molecule has 0 saturated heterocycles. The van der Waals surface area contributed by atoms with E-state index >= 15 is 0 Å². The third-order valence-corrected chi connectivity index (χ3v) is 5.33. The van der Waals surface area contributed by atoms with Gasteiger partial charge in [0.15, 0.2) is 0 Å². The Morgan fingerprint density at radius 3 is 1.75 bits per heavy atom. The van der Waals surface area contributed by atoms with Gasteiger partial charge in [-0.25, -0.2) is 0 Å². The van der Waals surface area contributed by atoms with Crippen molar-refractivity contribution >= 4 is 22.6 Å². The first-order valence-corrected chi connectivity index (χ1v) is 10.1. The molecule has 1 N–H and O–H groups in total. The zero-order valence-electron chi connectivity index (χ0n) is 15.4. The number of aliphatic hydroxyl groups is 1. The van der Waals surface area contributed by atoms with Crippen molar-refractivity contribution in [1.82, 2.24) is 0 Å². The Kier molecular flexibility index (Phi) is 10.3. The fourth-order valence-electron chi connectivity index (χ4n) is 2.49. The molecule has 0 aliphatic carbocycles. The van der Waals surface area contributed by atoms with Crippen LogP contribution in [0.5, 0.6) is 0 Å². The summed E-state index contributed by atoms with van der Waals surface area (Å²) in [7, 11) is 0. The summed E-state index contributed by atoms with van der Waals surface area (Å²) in [5, 5.41) is 9.40. The molecule has 0 radical (unpaired) electrons. The molecule has 0 unspecified atom stereocenters. The van der Waals surface area contributed by atoms with E-state index in [1.165, 1.54) is 35.1 Å². The Morgan fingerprint density at radius 2 is 1.33 bits per heavy atom. The van der Waals surface area contributed by atoms with Crippen LogP contribution in [0, 0.1) is 13.8 Å². The van der Waals surface area contributed by atoms with Crippen LogP contribution in [0.2, 0.25) is 0 Å². The van der Waals surface area contributed by atoms with Crippen LogP contribution in [-0.2, 0) is 12.8 Å². The second kappa shape index (κ2) is 11.6. The molecule has 0 heterocycles. The van der Waals surface area contributed by atoms with Crippen molar-refractivity contribution in [3.05, 3.63) is 70.8 Å². The van der Waals surface area contributed by atoms with Gasteiger partial charge < -0.3 is 5.11 Å². The molecule has 132 valence electrons. The molecular formula is C22H31IO. The summed E-state index contributed by atoms with van der Waals surface area (Å²) in [4.78, 5) is 0. The molecule has 2 aromatic rings. The number of hydrogen-bond acceptors (Lipinski definition) is 1. The third kappa shape index (κ3) is 8.84. The molecule has 0 saturated carbocycles. The Labute approximate surface area is 161 Å². The van der Waals surface area contributed by atoms with Crippen molar-refractivity contribution in [2.24, 2.45) is 0 Å². The summed E-state index contributed by atoms with van der Waals surface area (Å²) in [6, 6.07) is 17.1. The first kappa shape index (κ1) is 21.2. The van der Waals surface area contributed by atoms with Gasteiger partial charge in [-0.1, -0.05) is 96.1 Å². The molecule has 0 bridgehead atoms. The van der Waals surface area contributed by atoms with E-state index in [1.54, 1.807) is 0 Å². The van der Waals surface area contributed by atoms with E-state index in [9.17, 15) is 5.11 Å². The molecule has 24 heavy (non-hydrogen) atoms.